The molecule has 5 nitrogen and oxygen atoms in total. The molecule has 1 fully saturated rings. The zero-order valence-electron chi connectivity index (χ0n) is 11.6. The molecule has 1 aliphatic heterocycles. The molecule has 0 spiro atoms. The summed E-state index contributed by atoms with van der Waals surface area (Å²) in [4.78, 5) is 24.6. The molecule has 1 heterocycles. The van der Waals surface area contributed by atoms with Crippen molar-refractivity contribution in [2.24, 2.45) is 0 Å². The van der Waals surface area contributed by atoms with Crippen molar-refractivity contribution in [1.82, 2.24) is 5.43 Å². The smallest absolute Gasteiger partial charge is 0.282 e. The van der Waals surface area contributed by atoms with Gasteiger partial charge in [-0.15, -0.1) is 0 Å². The van der Waals surface area contributed by atoms with Crippen LogP contribution in [0, 0.1) is 7.14 Å². The summed E-state index contributed by atoms with van der Waals surface area (Å²) in [7, 11) is 0. The zero-order valence-corrected chi connectivity index (χ0v) is 15.9. The van der Waals surface area contributed by atoms with Crippen molar-refractivity contribution in [3.63, 3.8) is 0 Å². The zero-order chi connectivity index (χ0) is 16.6. The monoisotopic (exact) mass is 532 g/mol. The highest BCUT2D eigenvalue weighted by atomic mass is 127. The maximum atomic E-state index is 12.5. The summed E-state index contributed by atoms with van der Waals surface area (Å²) < 4.78 is 1.56. The molecule has 2 aromatic rings. The predicted molar refractivity (Wildman–Crippen MR) is 104 cm³/mol. The van der Waals surface area contributed by atoms with Crippen LogP contribution in [0.5, 0.6) is 5.75 Å². The van der Waals surface area contributed by atoms with E-state index in [-0.39, 0.29) is 11.3 Å². The summed E-state index contributed by atoms with van der Waals surface area (Å²) in [5.74, 6) is -0.890. The van der Waals surface area contributed by atoms with Crippen molar-refractivity contribution >= 4 is 68.8 Å². The highest BCUT2D eigenvalue weighted by molar-refractivity contribution is 14.1. The van der Waals surface area contributed by atoms with Gasteiger partial charge in [-0.05, 0) is 75.5 Å². The lowest BCUT2D eigenvalue weighted by atomic mass is 10.1. The SMILES string of the molecule is O=C1NN(c2ccccc2)C(=O)/C1=C/c1cc(I)cc(I)c1O. The van der Waals surface area contributed by atoms with Crippen LogP contribution in [-0.2, 0) is 9.59 Å². The number of nitrogens with zero attached hydrogens (tertiary/aromatic N) is 1. The second-order valence-electron chi connectivity index (χ2n) is 4.80. The lowest BCUT2D eigenvalue weighted by molar-refractivity contribution is -0.117. The van der Waals surface area contributed by atoms with Gasteiger partial charge in [0.05, 0.1) is 9.26 Å². The average molecular weight is 532 g/mol. The van der Waals surface area contributed by atoms with Gasteiger partial charge in [0.1, 0.15) is 11.3 Å². The Balaban J connectivity index is 2.01. The van der Waals surface area contributed by atoms with Crippen LogP contribution < -0.4 is 10.4 Å². The van der Waals surface area contributed by atoms with E-state index in [1.807, 2.05) is 34.7 Å². The third kappa shape index (κ3) is 3.20. The van der Waals surface area contributed by atoms with Gasteiger partial charge in [-0.1, -0.05) is 18.2 Å². The molecule has 3 rings (SSSR count). The summed E-state index contributed by atoms with van der Waals surface area (Å²) >= 11 is 4.12. The first-order valence-corrected chi connectivity index (χ1v) is 8.73. The molecular formula is C16H10I2N2O3. The van der Waals surface area contributed by atoms with Gasteiger partial charge < -0.3 is 5.11 Å². The number of nitrogens with one attached hydrogen (secondary N) is 1. The summed E-state index contributed by atoms with van der Waals surface area (Å²) in [5.41, 5.74) is 3.54. The maximum Gasteiger partial charge on any atom is 0.282 e. The minimum atomic E-state index is -0.493. The van der Waals surface area contributed by atoms with E-state index in [4.69, 9.17) is 0 Å². The quantitative estimate of drug-likeness (QED) is 0.355. The lowest BCUT2D eigenvalue weighted by Gasteiger charge is -2.13. The van der Waals surface area contributed by atoms with E-state index in [0.717, 1.165) is 3.57 Å². The number of hydrogen-bond acceptors (Lipinski definition) is 3. The van der Waals surface area contributed by atoms with E-state index >= 15 is 0 Å². The van der Waals surface area contributed by atoms with Gasteiger partial charge in [0.15, 0.2) is 0 Å². The van der Waals surface area contributed by atoms with Gasteiger partial charge in [0, 0.05) is 9.13 Å². The fourth-order valence-corrected chi connectivity index (χ4v) is 4.06. The Labute approximate surface area is 159 Å². The standard InChI is InChI=1S/C16H10I2N2O3/c17-10-6-9(14(21)13(18)8-10)7-12-15(22)19-20(16(12)23)11-4-2-1-3-5-11/h1-8,21H,(H,19,22)/b12-7+. The van der Waals surface area contributed by atoms with Crippen molar-refractivity contribution in [2.45, 2.75) is 0 Å². The molecule has 0 aromatic heterocycles. The molecule has 2 aromatic carbocycles. The Bertz CT molecular complexity index is 835. The van der Waals surface area contributed by atoms with Gasteiger partial charge in [-0.2, -0.15) is 0 Å². The van der Waals surface area contributed by atoms with E-state index in [1.165, 1.54) is 11.1 Å². The molecule has 0 bridgehead atoms. The number of phenols is 1. The molecule has 2 amide bonds. The van der Waals surface area contributed by atoms with Crippen LogP contribution in [-0.4, -0.2) is 16.9 Å². The van der Waals surface area contributed by atoms with Gasteiger partial charge in [-0.25, -0.2) is 5.01 Å². The highest BCUT2D eigenvalue weighted by Gasteiger charge is 2.34. The molecule has 0 atom stereocenters. The molecule has 1 saturated heterocycles. The number of anilines is 1. The van der Waals surface area contributed by atoms with E-state index < -0.39 is 11.8 Å². The maximum absolute atomic E-state index is 12.5. The topological polar surface area (TPSA) is 69.6 Å². The third-order valence-corrected chi connectivity index (χ3v) is 4.71. The minimum absolute atomic E-state index is 0.0121. The number of hydrogen-bond donors (Lipinski definition) is 2. The second-order valence-corrected chi connectivity index (χ2v) is 7.21. The number of carbonyl (C=O) groups excluding carboxylic acids is 2. The fourth-order valence-electron chi connectivity index (χ4n) is 2.17. The van der Waals surface area contributed by atoms with Crippen LogP contribution in [0.3, 0.4) is 0 Å². The van der Waals surface area contributed by atoms with Gasteiger partial charge >= 0.3 is 0 Å². The van der Waals surface area contributed by atoms with Crippen molar-refractivity contribution < 1.29 is 14.7 Å². The van der Waals surface area contributed by atoms with Crippen molar-refractivity contribution in [2.75, 3.05) is 5.01 Å². The van der Waals surface area contributed by atoms with Crippen LogP contribution in [0.25, 0.3) is 6.08 Å². The number of aromatic hydroxyl groups is 1. The lowest BCUT2D eigenvalue weighted by Crippen LogP contribution is -2.35. The Hall–Kier alpha value is -1.62. The molecule has 2 N–H and O–H groups in total. The number of benzene rings is 2. The molecular weight excluding hydrogens is 522 g/mol. The highest BCUT2D eigenvalue weighted by Crippen LogP contribution is 2.30. The van der Waals surface area contributed by atoms with Crippen molar-refractivity contribution in [3.8, 4) is 5.75 Å². The molecule has 0 unspecified atom stereocenters. The van der Waals surface area contributed by atoms with Crippen molar-refractivity contribution in [3.05, 3.63) is 60.7 Å². The summed E-state index contributed by atoms with van der Waals surface area (Å²) in [6, 6.07) is 12.4. The van der Waals surface area contributed by atoms with E-state index in [1.54, 1.807) is 30.3 Å². The first kappa shape index (κ1) is 16.2. The van der Waals surface area contributed by atoms with Crippen LogP contribution in [0.1, 0.15) is 5.56 Å². The number of hydrazine groups is 1. The van der Waals surface area contributed by atoms with Gasteiger partial charge in [0.2, 0.25) is 0 Å². The first-order valence-electron chi connectivity index (χ1n) is 6.57. The molecule has 7 heteroatoms. The van der Waals surface area contributed by atoms with Crippen LogP contribution in [0.2, 0.25) is 0 Å². The third-order valence-electron chi connectivity index (χ3n) is 3.26. The molecule has 0 saturated carbocycles. The van der Waals surface area contributed by atoms with E-state index in [9.17, 15) is 14.7 Å². The molecule has 0 radical (unpaired) electrons. The summed E-state index contributed by atoms with van der Waals surface area (Å²) in [5, 5.41) is 11.3. The largest absolute Gasteiger partial charge is 0.506 e. The number of carbonyl (C=O) groups is 2. The molecule has 1 aliphatic rings. The van der Waals surface area contributed by atoms with Crippen LogP contribution >= 0.6 is 45.2 Å². The van der Waals surface area contributed by atoms with Gasteiger partial charge in [-0.3, -0.25) is 15.0 Å². The minimum Gasteiger partial charge on any atom is -0.506 e. The number of amides is 2. The fraction of sp³-hybridized carbons (Fsp3) is 0. The Morgan fingerprint density at radius 3 is 2.48 bits per heavy atom. The number of para-hydroxylation sites is 1. The summed E-state index contributed by atoms with van der Waals surface area (Å²) in [6.45, 7) is 0. The Morgan fingerprint density at radius 1 is 1.09 bits per heavy atom. The van der Waals surface area contributed by atoms with E-state index in [0.29, 0.717) is 14.8 Å². The Morgan fingerprint density at radius 2 is 1.78 bits per heavy atom. The number of rotatable bonds is 2. The van der Waals surface area contributed by atoms with Crippen LogP contribution in [0.15, 0.2) is 48.0 Å². The van der Waals surface area contributed by atoms with E-state index in [2.05, 4.69) is 28.0 Å². The number of phenolic OH excluding ortho intramolecular Hbond substituents is 1. The summed E-state index contributed by atoms with van der Waals surface area (Å²) in [6.07, 6.45) is 1.42. The molecule has 116 valence electrons. The number of halogens is 2. The van der Waals surface area contributed by atoms with Gasteiger partial charge in [0.25, 0.3) is 11.8 Å². The first-order chi connectivity index (χ1) is 11.0. The normalized spacial score (nSPS) is 16.1. The van der Waals surface area contributed by atoms with Crippen LogP contribution in [0.4, 0.5) is 5.69 Å². The molecule has 23 heavy (non-hydrogen) atoms. The average Bonchev–Trinajstić information content (AvgIpc) is 2.81. The molecule has 0 aliphatic carbocycles. The van der Waals surface area contributed by atoms with Crippen molar-refractivity contribution in [1.29, 1.82) is 0 Å². The second kappa shape index (κ2) is 6.48. The Kier molecular flexibility index (Phi) is 4.57. The predicted octanol–water partition coefficient (Wildman–Crippen LogP) is 3.06.